The van der Waals surface area contributed by atoms with Crippen molar-refractivity contribution in [1.82, 2.24) is 10.6 Å². The standard InChI is InChI=1S/C27H30N4O5S/c28-14-15-29-27(34)22(18-20-8-5-7-19-6-1-2-9-21(19)20)30-25(32)12-16-31-23-10-3-4-11-24(23)37(35,36)17-13-26(31)33/h1-11,22H,12-18,28H2,(H,29,34)(H,30,32)/t22-/m1/s1. The number of carbonyl (C=O) groups excluding carboxylic acids is 3. The lowest BCUT2D eigenvalue weighted by molar-refractivity contribution is -0.129. The van der Waals surface area contributed by atoms with E-state index < -0.39 is 21.8 Å². The highest BCUT2D eigenvalue weighted by Gasteiger charge is 2.31. The number of amides is 3. The molecule has 3 aromatic rings. The number of anilines is 1. The van der Waals surface area contributed by atoms with Crippen molar-refractivity contribution in [1.29, 1.82) is 0 Å². The van der Waals surface area contributed by atoms with Gasteiger partial charge in [0.25, 0.3) is 0 Å². The van der Waals surface area contributed by atoms with Crippen LogP contribution >= 0.6 is 0 Å². The summed E-state index contributed by atoms with van der Waals surface area (Å²) >= 11 is 0. The first-order valence-corrected chi connectivity index (χ1v) is 13.8. The molecule has 1 aliphatic heterocycles. The van der Waals surface area contributed by atoms with Crippen LogP contribution in [-0.2, 0) is 30.6 Å². The number of hydrogen-bond donors (Lipinski definition) is 3. The van der Waals surface area contributed by atoms with E-state index in [1.807, 2.05) is 42.5 Å². The van der Waals surface area contributed by atoms with Crippen molar-refractivity contribution >= 4 is 44.0 Å². The molecule has 0 bridgehead atoms. The molecule has 4 N–H and O–H groups in total. The summed E-state index contributed by atoms with van der Waals surface area (Å²) in [6.07, 6.45) is 0.00732. The number of fused-ring (bicyclic) bond motifs is 2. The maximum absolute atomic E-state index is 13.0. The maximum atomic E-state index is 13.0. The minimum absolute atomic E-state index is 0.0113. The molecule has 1 aliphatic rings. The fraction of sp³-hybridized carbons (Fsp3) is 0.296. The van der Waals surface area contributed by atoms with E-state index in [0.29, 0.717) is 0 Å². The van der Waals surface area contributed by atoms with Crippen molar-refractivity contribution in [3.63, 3.8) is 0 Å². The Morgan fingerprint density at radius 2 is 1.73 bits per heavy atom. The van der Waals surface area contributed by atoms with Gasteiger partial charge in [-0.05, 0) is 28.5 Å². The van der Waals surface area contributed by atoms with E-state index in [9.17, 15) is 22.8 Å². The first-order valence-electron chi connectivity index (χ1n) is 12.2. The zero-order valence-electron chi connectivity index (χ0n) is 20.4. The van der Waals surface area contributed by atoms with Crippen LogP contribution in [0.3, 0.4) is 0 Å². The molecule has 0 aromatic heterocycles. The molecule has 0 spiro atoms. The molecule has 0 saturated carbocycles. The van der Waals surface area contributed by atoms with Gasteiger partial charge in [-0.25, -0.2) is 8.42 Å². The number of nitrogens with zero attached hydrogens (tertiary/aromatic N) is 1. The van der Waals surface area contributed by atoms with Crippen molar-refractivity contribution in [2.45, 2.75) is 30.2 Å². The molecule has 9 nitrogen and oxygen atoms in total. The summed E-state index contributed by atoms with van der Waals surface area (Å²) in [5.41, 5.74) is 6.72. The molecule has 1 heterocycles. The highest BCUT2D eigenvalue weighted by atomic mass is 32.2. The van der Waals surface area contributed by atoms with Crippen LogP contribution in [-0.4, -0.2) is 57.6 Å². The fourth-order valence-corrected chi connectivity index (χ4v) is 5.93. The first-order chi connectivity index (χ1) is 17.8. The average molecular weight is 523 g/mol. The van der Waals surface area contributed by atoms with E-state index >= 15 is 0 Å². The van der Waals surface area contributed by atoms with Crippen molar-refractivity contribution in [2.24, 2.45) is 5.73 Å². The van der Waals surface area contributed by atoms with Gasteiger partial charge >= 0.3 is 0 Å². The Bertz CT molecular complexity index is 1420. The van der Waals surface area contributed by atoms with Crippen LogP contribution < -0.4 is 21.3 Å². The summed E-state index contributed by atoms with van der Waals surface area (Å²) in [5.74, 6) is -1.42. The predicted molar refractivity (Wildman–Crippen MR) is 142 cm³/mol. The molecule has 194 valence electrons. The molecule has 4 rings (SSSR count). The van der Waals surface area contributed by atoms with Gasteiger partial charge in [0, 0.05) is 38.9 Å². The van der Waals surface area contributed by atoms with E-state index in [-0.39, 0.29) is 67.0 Å². The molecule has 3 aromatic carbocycles. The number of nitrogens with one attached hydrogen (secondary N) is 2. The Morgan fingerprint density at radius 1 is 1.00 bits per heavy atom. The Hall–Kier alpha value is -3.76. The topological polar surface area (TPSA) is 139 Å². The minimum atomic E-state index is -3.60. The molecule has 0 fully saturated rings. The van der Waals surface area contributed by atoms with Gasteiger partial charge in [-0.2, -0.15) is 0 Å². The third-order valence-electron chi connectivity index (χ3n) is 6.34. The second kappa shape index (κ2) is 11.5. The highest BCUT2D eigenvalue weighted by Crippen LogP contribution is 2.30. The average Bonchev–Trinajstić information content (AvgIpc) is 2.99. The quantitative estimate of drug-likeness (QED) is 0.390. The van der Waals surface area contributed by atoms with Crippen molar-refractivity contribution in [3.05, 3.63) is 72.3 Å². The smallest absolute Gasteiger partial charge is 0.242 e. The SMILES string of the molecule is NCCNC(=O)[C@@H](Cc1cccc2ccccc12)NC(=O)CCN1C(=O)CCS(=O)(=O)c2ccccc21. The van der Waals surface area contributed by atoms with Crippen LogP contribution in [0.2, 0.25) is 0 Å². The number of hydrogen-bond acceptors (Lipinski definition) is 6. The Morgan fingerprint density at radius 3 is 2.54 bits per heavy atom. The number of rotatable bonds is 9. The maximum Gasteiger partial charge on any atom is 0.242 e. The lowest BCUT2D eigenvalue weighted by Crippen LogP contribution is -2.49. The van der Waals surface area contributed by atoms with E-state index in [2.05, 4.69) is 10.6 Å². The van der Waals surface area contributed by atoms with E-state index in [1.54, 1.807) is 18.2 Å². The summed E-state index contributed by atoms with van der Waals surface area (Å²) in [7, 11) is -3.60. The van der Waals surface area contributed by atoms with Gasteiger partial charge in [0.15, 0.2) is 9.84 Å². The first kappa shape index (κ1) is 26.3. The number of para-hydroxylation sites is 1. The summed E-state index contributed by atoms with van der Waals surface area (Å²) in [6, 6.07) is 19.1. The van der Waals surface area contributed by atoms with E-state index in [4.69, 9.17) is 5.73 Å². The molecular formula is C27H30N4O5S. The van der Waals surface area contributed by atoms with Gasteiger partial charge in [-0.3, -0.25) is 14.4 Å². The van der Waals surface area contributed by atoms with Gasteiger partial charge in [0.1, 0.15) is 6.04 Å². The Kier molecular flexibility index (Phi) is 8.20. The van der Waals surface area contributed by atoms with Crippen LogP contribution in [0.1, 0.15) is 18.4 Å². The number of nitrogens with two attached hydrogens (primary N) is 1. The molecular weight excluding hydrogens is 492 g/mol. The summed E-state index contributed by atoms with van der Waals surface area (Å²) in [4.78, 5) is 40.1. The van der Waals surface area contributed by atoms with Crippen LogP contribution in [0, 0.1) is 0 Å². The lowest BCUT2D eigenvalue weighted by atomic mass is 9.98. The van der Waals surface area contributed by atoms with Crippen molar-refractivity contribution in [2.75, 3.05) is 30.3 Å². The van der Waals surface area contributed by atoms with Gasteiger partial charge in [0.2, 0.25) is 17.7 Å². The summed E-state index contributed by atoms with van der Waals surface area (Å²) < 4.78 is 25.2. The van der Waals surface area contributed by atoms with E-state index in [0.717, 1.165) is 16.3 Å². The van der Waals surface area contributed by atoms with Gasteiger partial charge in [-0.15, -0.1) is 0 Å². The molecule has 0 radical (unpaired) electrons. The van der Waals surface area contributed by atoms with Gasteiger partial charge in [0.05, 0.1) is 16.3 Å². The van der Waals surface area contributed by atoms with Crippen LogP contribution in [0.5, 0.6) is 0 Å². The molecule has 0 unspecified atom stereocenters. The number of carbonyl (C=O) groups is 3. The third kappa shape index (κ3) is 6.15. The predicted octanol–water partition coefficient (Wildman–Crippen LogP) is 1.54. The molecule has 37 heavy (non-hydrogen) atoms. The molecule has 3 amide bonds. The summed E-state index contributed by atoms with van der Waals surface area (Å²) in [5, 5.41) is 7.56. The Labute approximate surface area is 215 Å². The molecule has 1 atom stereocenters. The number of sulfone groups is 1. The zero-order chi connectivity index (χ0) is 26.4. The monoisotopic (exact) mass is 522 g/mol. The van der Waals surface area contributed by atoms with Gasteiger partial charge < -0.3 is 21.3 Å². The highest BCUT2D eigenvalue weighted by molar-refractivity contribution is 7.91. The zero-order valence-corrected chi connectivity index (χ0v) is 21.2. The largest absolute Gasteiger partial charge is 0.353 e. The molecule has 10 heteroatoms. The Balaban J connectivity index is 1.51. The molecule has 0 saturated heterocycles. The number of benzene rings is 3. The van der Waals surface area contributed by atoms with Crippen LogP contribution in [0.4, 0.5) is 5.69 Å². The van der Waals surface area contributed by atoms with Crippen LogP contribution in [0.15, 0.2) is 71.6 Å². The summed E-state index contributed by atoms with van der Waals surface area (Å²) in [6.45, 7) is 0.525. The fourth-order valence-electron chi connectivity index (χ4n) is 4.49. The second-order valence-electron chi connectivity index (χ2n) is 8.87. The third-order valence-corrected chi connectivity index (χ3v) is 8.10. The van der Waals surface area contributed by atoms with Crippen molar-refractivity contribution in [3.8, 4) is 0 Å². The van der Waals surface area contributed by atoms with Crippen LogP contribution in [0.25, 0.3) is 10.8 Å². The van der Waals surface area contributed by atoms with Crippen molar-refractivity contribution < 1.29 is 22.8 Å². The van der Waals surface area contributed by atoms with Gasteiger partial charge in [-0.1, -0.05) is 54.6 Å². The second-order valence-corrected chi connectivity index (χ2v) is 11.0. The lowest BCUT2D eigenvalue weighted by Gasteiger charge is -2.23. The molecule has 0 aliphatic carbocycles. The van der Waals surface area contributed by atoms with E-state index in [1.165, 1.54) is 11.0 Å². The minimum Gasteiger partial charge on any atom is -0.353 e. The normalized spacial score (nSPS) is 15.5.